The van der Waals surface area contributed by atoms with Crippen molar-refractivity contribution in [2.45, 2.75) is 27.2 Å². The molecule has 0 radical (unpaired) electrons. The summed E-state index contributed by atoms with van der Waals surface area (Å²) in [5.74, 6) is 0.476. The van der Waals surface area contributed by atoms with E-state index in [1.54, 1.807) is 41.4 Å². The Labute approximate surface area is 207 Å². The Kier molecular flexibility index (Phi) is 7.05. The van der Waals surface area contributed by atoms with E-state index >= 15 is 0 Å². The Morgan fingerprint density at radius 1 is 1.18 bits per heavy atom. The molecule has 1 amide bonds. The fourth-order valence-electron chi connectivity index (χ4n) is 4.08. The molecule has 2 heterocycles. The highest BCUT2D eigenvalue weighted by molar-refractivity contribution is 7.13. The topological polar surface area (TPSA) is 75.3 Å². The van der Waals surface area contributed by atoms with E-state index in [9.17, 15) is 9.59 Å². The van der Waals surface area contributed by atoms with E-state index in [1.807, 2.05) is 18.4 Å². The summed E-state index contributed by atoms with van der Waals surface area (Å²) < 4.78 is 5.58. The normalized spacial score (nSPS) is 11.2. The second kappa shape index (κ2) is 9.99. The number of anilines is 1. The summed E-state index contributed by atoms with van der Waals surface area (Å²) in [6.07, 6.45) is 1.83. The zero-order chi connectivity index (χ0) is 24.4. The maximum atomic E-state index is 13.6. The molecule has 2 aromatic heterocycles. The number of amides is 1. The van der Waals surface area contributed by atoms with E-state index in [4.69, 9.17) is 16.3 Å². The van der Waals surface area contributed by atoms with Gasteiger partial charge in [-0.3, -0.25) is 14.5 Å². The fraction of sp³-hybridized carbons (Fsp3) is 0.269. The minimum Gasteiger partial charge on any atom is -0.496 e. The lowest BCUT2D eigenvalue weighted by Crippen LogP contribution is -2.35. The fourth-order valence-corrected chi connectivity index (χ4v) is 4.87. The molecule has 0 saturated carbocycles. The minimum absolute atomic E-state index is 0.0691. The number of hydrogen-bond acceptors (Lipinski definition) is 5. The van der Waals surface area contributed by atoms with E-state index in [2.05, 4.69) is 23.8 Å². The number of ether oxygens (including phenoxy) is 1. The first-order valence-electron chi connectivity index (χ1n) is 11.0. The zero-order valence-corrected chi connectivity index (χ0v) is 21.1. The molecule has 2 aromatic carbocycles. The standard InChI is InChI=1S/C26H26ClN3O3S/c1-15(2)14-30(26-28-11-12-34-26)22(31)13-19-16(3)29-20-9-10-21(33-4)24(23(19)20)25(32)17-5-7-18(27)8-6-17/h5-12,15,29H,13-14H2,1-4H3. The van der Waals surface area contributed by atoms with Crippen molar-refractivity contribution in [3.05, 3.63) is 75.4 Å². The summed E-state index contributed by atoms with van der Waals surface area (Å²) >= 11 is 7.46. The van der Waals surface area contributed by atoms with Crippen molar-refractivity contribution in [1.82, 2.24) is 9.97 Å². The number of thiazole rings is 1. The van der Waals surface area contributed by atoms with Gasteiger partial charge < -0.3 is 9.72 Å². The van der Waals surface area contributed by atoms with Gasteiger partial charge in [0, 0.05) is 45.3 Å². The quantitative estimate of drug-likeness (QED) is 0.301. The Hall–Kier alpha value is -3.16. The summed E-state index contributed by atoms with van der Waals surface area (Å²) in [5.41, 5.74) is 3.32. The molecule has 0 aliphatic rings. The third kappa shape index (κ3) is 4.72. The minimum atomic E-state index is -0.189. The van der Waals surface area contributed by atoms with Gasteiger partial charge in [0.15, 0.2) is 10.9 Å². The van der Waals surface area contributed by atoms with Crippen LogP contribution >= 0.6 is 22.9 Å². The maximum absolute atomic E-state index is 13.6. The van der Waals surface area contributed by atoms with Gasteiger partial charge in [0.1, 0.15) is 5.75 Å². The largest absolute Gasteiger partial charge is 0.496 e. The van der Waals surface area contributed by atoms with Crippen LogP contribution in [0.25, 0.3) is 10.9 Å². The number of carbonyl (C=O) groups is 2. The number of benzene rings is 2. The molecule has 0 atom stereocenters. The molecule has 0 aliphatic carbocycles. The van der Waals surface area contributed by atoms with Gasteiger partial charge in [-0.15, -0.1) is 11.3 Å². The number of halogens is 1. The average Bonchev–Trinajstić information content (AvgIpc) is 3.45. The van der Waals surface area contributed by atoms with E-state index in [1.165, 1.54) is 18.4 Å². The third-order valence-corrected chi connectivity index (χ3v) is 6.67. The van der Waals surface area contributed by atoms with Gasteiger partial charge in [0.25, 0.3) is 0 Å². The van der Waals surface area contributed by atoms with E-state index in [0.29, 0.717) is 39.0 Å². The molecule has 4 aromatic rings. The summed E-state index contributed by atoms with van der Waals surface area (Å²) in [4.78, 5) is 36.6. The van der Waals surface area contributed by atoms with Gasteiger partial charge in [0.05, 0.1) is 19.1 Å². The second-order valence-corrected chi connectivity index (χ2v) is 9.83. The number of rotatable bonds is 8. The number of H-pyrrole nitrogens is 1. The molecular formula is C26H26ClN3O3S. The first kappa shape index (κ1) is 24.0. The van der Waals surface area contributed by atoms with Crippen molar-refractivity contribution in [3.8, 4) is 5.75 Å². The van der Waals surface area contributed by atoms with Gasteiger partial charge in [0.2, 0.25) is 5.91 Å². The van der Waals surface area contributed by atoms with Crippen LogP contribution in [0.1, 0.15) is 41.0 Å². The van der Waals surface area contributed by atoms with Gasteiger partial charge >= 0.3 is 0 Å². The van der Waals surface area contributed by atoms with Crippen LogP contribution in [0.15, 0.2) is 48.0 Å². The smallest absolute Gasteiger partial charge is 0.233 e. The van der Waals surface area contributed by atoms with Gasteiger partial charge in [-0.25, -0.2) is 4.98 Å². The van der Waals surface area contributed by atoms with Crippen LogP contribution in [0.3, 0.4) is 0 Å². The molecule has 1 N–H and O–H groups in total. The van der Waals surface area contributed by atoms with Crippen molar-refractivity contribution < 1.29 is 14.3 Å². The van der Waals surface area contributed by atoms with E-state index < -0.39 is 0 Å². The number of aromatic nitrogens is 2. The molecule has 6 nitrogen and oxygen atoms in total. The van der Waals surface area contributed by atoms with Crippen LogP contribution in [0.5, 0.6) is 5.75 Å². The number of nitrogens with one attached hydrogen (secondary N) is 1. The molecule has 34 heavy (non-hydrogen) atoms. The second-order valence-electron chi connectivity index (χ2n) is 8.52. The lowest BCUT2D eigenvalue weighted by atomic mass is 9.95. The van der Waals surface area contributed by atoms with Crippen LogP contribution < -0.4 is 9.64 Å². The Morgan fingerprint density at radius 3 is 2.53 bits per heavy atom. The highest BCUT2D eigenvalue weighted by atomic mass is 35.5. The van der Waals surface area contributed by atoms with Crippen LogP contribution in [-0.2, 0) is 11.2 Å². The number of hydrogen-bond donors (Lipinski definition) is 1. The first-order valence-corrected chi connectivity index (χ1v) is 12.2. The summed E-state index contributed by atoms with van der Waals surface area (Å²) in [7, 11) is 1.54. The number of nitrogens with zero attached hydrogens (tertiary/aromatic N) is 2. The number of methoxy groups -OCH3 is 1. The van der Waals surface area contributed by atoms with Crippen LogP contribution in [0, 0.1) is 12.8 Å². The Morgan fingerprint density at radius 2 is 1.91 bits per heavy atom. The van der Waals surface area contributed by atoms with Crippen molar-refractivity contribution in [2.75, 3.05) is 18.6 Å². The predicted octanol–water partition coefficient (Wildman–Crippen LogP) is 6.06. The van der Waals surface area contributed by atoms with Gasteiger partial charge in [-0.05, 0) is 54.8 Å². The third-order valence-electron chi connectivity index (χ3n) is 5.62. The molecule has 0 unspecified atom stereocenters. The summed E-state index contributed by atoms with van der Waals surface area (Å²) in [6, 6.07) is 10.4. The molecule has 0 saturated heterocycles. The Balaban J connectivity index is 1.82. The maximum Gasteiger partial charge on any atom is 0.233 e. The van der Waals surface area contributed by atoms with Crippen LogP contribution in [-0.4, -0.2) is 35.3 Å². The zero-order valence-electron chi connectivity index (χ0n) is 19.5. The lowest BCUT2D eigenvalue weighted by molar-refractivity contribution is -0.118. The first-order chi connectivity index (χ1) is 16.3. The molecule has 0 bridgehead atoms. The van der Waals surface area contributed by atoms with Gasteiger partial charge in [-0.1, -0.05) is 25.4 Å². The molecule has 0 spiro atoms. The molecule has 8 heteroatoms. The molecule has 4 rings (SSSR count). The average molecular weight is 496 g/mol. The van der Waals surface area contributed by atoms with Crippen LogP contribution in [0.4, 0.5) is 5.13 Å². The number of carbonyl (C=O) groups excluding carboxylic acids is 2. The number of aromatic amines is 1. The van der Waals surface area contributed by atoms with Crippen LogP contribution in [0.2, 0.25) is 5.02 Å². The molecular weight excluding hydrogens is 470 g/mol. The highest BCUT2D eigenvalue weighted by Gasteiger charge is 2.26. The number of fused-ring (bicyclic) bond motifs is 1. The molecule has 176 valence electrons. The van der Waals surface area contributed by atoms with Crippen molar-refractivity contribution in [1.29, 1.82) is 0 Å². The van der Waals surface area contributed by atoms with Gasteiger partial charge in [-0.2, -0.15) is 0 Å². The predicted molar refractivity (Wildman–Crippen MR) is 137 cm³/mol. The van der Waals surface area contributed by atoms with Crippen molar-refractivity contribution >= 4 is 50.7 Å². The van der Waals surface area contributed by atoms with E-state index in [0.717, 1.165) is 16.8 Å². The monoisotopic (exact) mass is 495 g/mol. The Bertz CT molecular complexity index is 1330. The molecule has 0 aliphatic heterocycles. The van der Waals surface area contributed by atoms with Crippen molar-refractivity contribution in [3.63, 3.8) is 0 Å². The number of ketones is 1. The van der Waals surface area contributed by atoms with E-state index in [-0.39, 0.29) is 24.0 Å². The van der Waals surface area contributed by atoms with Crippen molar-refractivity contribution in [2.24, 2.45) is 5.92 Å². The summed E-state index contributed by atoms with van der Waals surface area (Å²) in [6.45, 7) is 6.62. The molecule has 0 fully saturated rings. The highest BCUT2D eigenvalue weighted by Crippen LogP contribution is 2.35. The number of aryl methyl sites for hydroxylation is 1. The lowest BCUT2D eigenvalue weighted by Gasteiger charge is -2.22. The summed E-state index contributed by atoms with van der Waals surface area (Å²) in [5, 5.41) is 3.79. The SMILES string of the molecule is COc1ccc2[nH]c(C)c(CC(=O)N(CC(C)C)c3nccs3)c2c1C(=O)c1ccc(Cl)cc1.